The number of para-hydroxylation sites is 1. The van der Waals surface area contributed by atoms with Crippen LogP contribution in [0, 0.1) is 0 Å². The molecule has 5 heteroatoms. The fraction of sp³-hybridized carbons (Fsp3) is 0.100. The number of rotatable bonds is 1. The fourth-order valence-corrected chi connectivity index (χ4v) is 3.86. The number of aromatic nitrogens is 1. The molecule has 0 saturated carbocycles. The monoisotopic (exact) mass is 331 g/mol. The largest absolute Gasteiger partial charge is 0.507 e. The molecule has 0 amide bonds. The molecule has 1 N–H and O–H groups in total. The van der Waals surface area contributed by atoms with Gasteiger partial charge in [-0.05, 0) is 23.6 Å². The van der Waals surface area contributed by atoms with E-state index >= 15 is 0 Å². The van der Waals surface area contributed by atoms with Gasteiger partial charge in [-0.15, -0.1) is 0 Å². The molecule has 0 saturated heterocycles. The van der Waals surface area contributed by atoms with Crippen molar-refractivity contribution in [2.75, 3.05) is 0 Å². The van der Waals surface area contributed by atoms with Gasteiger partial charge in [0.25, 0.3) is 5.56 Å². The Hall–Kier alpha value is -3.34. The van der Waals surface area contributed by atoms with Crippen LogP contribution < -0.4 is 11.2 Å². The predicted molar refractivity (Wildman–Crippen MR) is 94.2 cm³/mol. The molecule has 1 unspecified atom stereocenters. The van der Waals surface area contributed by atoms with Crippen LogP contribution in [0.25, 0.3) is 21.9 Å². The minimum Gasteiger partial charge on any atom is -0.507 e. The lowest BCUT2D eigenvalue weighted by Gasteiger charge is -2.16. The van der Waals surface area contributed by atoms with Gasteiger partial charge in [-0.25, -0.2) is 4.79 Å². The summed E-state index contributed by atoms with van der Waals surface area (Å²) in [6.07, 6.45) is 0.678. The van der Waals surface area contributed by atoms with Crippen LogP contribution in [0.15, 0.2) is 68.6 Å². The molecule has 0 aliphatic carbocycles. The summed E-state index contributed by atoms with van der Waals surface area (Å²) >= 11 is 0. The molecule has 5 rings (SSSR count). The van der Waals surface area contributed by atoms with Crippen molar-refractivity contribution >= 4 is 21.9 Å². The topological polar surface area (TPSA) is 72.4 Å². The van der Waals surface area contributed by atoms with Crippen LogP contribution in [0.1, 0.15) is 17.2 Å². The summed E-state index contributed by atoms with van der Waals surface area (Å²) in [4.78, 5) is 24.9. The van der Waals surface area contributed by atoms with Crippen LogP contribution in [-0.4, -0.2) is 9.67 Å². The summed E-state index contributed by atoms with van der Waals surface area (Å²) in [5, 5.41) is 10.9. The third-order valence-electron chi connectivity index (χ3n) is 4.89. The minimum absolute atomic E-state index is 0.0482. The summed E-state index contributed by atoms with van der Waals surface area (Å²) < 4.78 is 7.00. The Labute approximate surface area is 141 Å². The first kappa shape index (κ1) is 14.0. The van der Waals surface area contributed by atoms with Crippen molar-refractivity contribution in [2.45, 2.75) is 12.5 Å². The number of hydrogen-bond donors (Lipinski definition) is 1. The molecule has 1 aliphatic heterocycles. The SMILES string of the molecule is O=c1cc(O)c2c(=O)n3c4c(cccc4c2o1)CC3c1ccccc1. The van der Waals surface area contributed by atoms with Gasteiger partial charge in [0, 0.05) is 5.39 Å². The van der Waals surface area contributed by atoms with Crippen molar-refractivity contribution in [2.24, 2.45) is 0 Å². The van der Waals surface area contributed by atoms with E-state index in [0.717, 1.165) is 22.7 Å². The second-order valence-corrected chi connectivity index (χ2v) is 6.27. The first-order valence-corrected chi connectivity index (χ1v) is 8.03. The molecule has 2 aromatic carbocycles. The zero-order valence-corrected chi connectivity index (χ0v) is 13.1. The number of aromatic hydroxyl groups is 1. The lowest BCUT2D eigenvalue weighted by Crippen LogP contribution is -2.24. The molecule has 0 bridgehead atoms. The van der Waals surface area contributed by atoms with E-state index in [0.29, 0.717) is 11.8 Å². The van der Waals surface area contributed by atoms with Gasteiger partial charge in [0.15, 0.2) is 5.58 Å². The average molecular weight is 331 g/mol. The highest BCUT2D eigenvalue weighted by atomic mass is 16.4. The Morgan fingerprint density at radius 1 is 1.04 bits per heavy atom. The van der Waals surface area contributed by atoms with Crippen molar-refractivity contribution in [3.8, 4) is 5.75 Å². The molecular formula is C20H13NO4. The molecule has 1 atom stereocenters. The van der Waals surface area contributed by atoms with Crippen molar-refractivity contribution < 1.29 is 9.52 Å². The van der Waals surface area contributed by atoms with Crippen LogP contribution in [0.4, 0.5) is 0 Å². The molecule has 0 spiro atoms. The molecule has 4 aromatic rings. The number of hydrogen-bond acceptors (Lipinski definition) is 4. The Bertz CT molecular complexity index is 1270. The molecule has 5 nitrogen and oxygen atoms in total. The van der Waals surface area contributed by atoms with E-state index in [4.69, 9.17) is 4.42 Å². The lowest BCUT2D eigenvalue weighted by molar-refractivity contribution is 0.467. The summed E-state index contributed by atoms with van der Waals surface area (Å²) in [5.41, 5.74) is 1.95. The van der Waals surface area contributed by atoms with Gasteiger partial charge >= 0.3 is 5.63 Å². The standard InChI is InChI=1S/C20H13NO4/c22-15-10-16(23)25-19-13-8-4-7-12-9-14(11-5-2-1-3-6-11)21(18(12)13)20(24)17(15)19/h1-8,10,14,22H,9H2. The zero-order chi connectivity index (χ0) is 17.1. The molecular weight excluding hydrogens is 318 g/mol. The molecule has 2 aromatic heterocycles. The maximum atomic E-state index is 13.2. The molecule has 1 aliphatic rings. The van der Waals surface area contributed by atoms with E-state index in [-0.39, 0.29) is 28.3 Å². The fourth-order valence-electron chi connectivity index (χ4n) is 3.86. The van der Waals surface area contributed by atoms with Crippen LogP contribution in [-0.2, 0) is 6.42 Å². The Kier molecular flexibility index (Phi) is 2.71. The van der Waals surface area contributed by atoms with Gasteiger partial charge in [-0.2, -0.15) is 0 Å². The van der Waals surface area contributed by atoms with E-state index in [1.165, 1.54) is 0 Å². The van der Waals surface area contributed by atoms with Crippen molar-refractivity contribution in [3.63, 3.8) is 0 Å². The van der Waals surface area contributed by atoms with Gasteiger partial charge in [-0.3, -0.25) is 9.36 Å². The summed E-state index contributed by atoms with van der Waals surface area (Å²) in [7, 11) is 0. The van der Waals surface area contributed by atoms with E-state index in [9.17, 15) is 14.7 Å². The Balaban J connectivity index is 2.00. The second-order valence-electron chi connectivity index (χ2n) is 6.27. The molecule has 3 heterocycles. The zero-order valence-electron chi connectivity index (χ0n) is 13.1. The number of nitrogens with zero attached hydrogens (tertiary/aromatic N) is 1. The maximum Gasteiger partial charge on any atom is 0.339 e. The average Bonchev–Trinajstić information content (AvgIpc) is 3.00. The van der Waals surface area contributed by atoms with Gasteiger partial charge in [0.1, 0.15) is 11.1 Å². The summed E-state index contributed by atoms with van der Waals surface area (Å²) in [5.74, 6) is -0.342. The third-order valence-corrected chi connectivity index (χ3v) is 4.89. The minimum atomic E-state index is -0.673. The van der Waals surface area contributed by atoms with Crippen LogP contribution >= 0.6 is 0 Å². The van der Waals surface area contributed by atoms with E-state index in [2.05, 4.69) is 0 Å². The van der Waals surface area contributed by atoms with Crippen molar-refractivity contribution in [3.05, 3.63) is 86.5 Å². The highest BCUT2D eigenvalue weighted by molar-refractivity contribution is 6.05. The van der Waals surface area contributed by atoms with E-state index < -0.39 is 5.63 Å². The van der Waals surface area contributed by atoms with Crippen molar-refractivity contribution in [1.82, 2.24) is 4.57 Å². The quantitative estimate of drug-likeness (QED) is 0.544. The van der Waals surface area contributed by atoms with Crippen LogP contribution in [0.2, 0.25) is 0 Å². The predicted octanol–water partition coefficient (Wildman–Crippen LogP) is 2.96. The highest BCUT2D eigenvalue weighted by Crippen LogP contribution is 2.38. The molecule has 122 valence electrons. The van der Waals surface area contributed by atoms with E-state index in [1.807, 2.05) is 48.5 Å². The lowest BCUT2D eigenvalue weighted by atomic mass is 10.0. The molecule has 25 heavy (non-hydrogen) atoms. The Morgan fingerprint density at radius 3 is 2.64 bits per heavy atom. The van der Waals surface area contributed by atoms with Gasteiger partial charge in [-0.1, -0.05) is 42.5 Å². The van der Waals surface area contributed by atoms with Crippen LogP contribution in [0.3, 0.4) is 0 Å². The number of pyridine rings is 1. The summed E-state index contributed by atoms with van der Waals surface area (Å²) in [6.45, 7) is 0. The number of fused-ring (bicyclic) bond motifs is 2. The van der Waals surface area contributed by atoms with Gasteiger partial charge in [0.05, 0.1) is 17.6 Å². The normalized spacial score (nSPS) is 15.9. The Morgan fingerprint density at radius 2 is 1.84 bits per heavy atom. The highest BCUT2D eigenvalue weighted by Gasteiger charge is 2.29. The maximum absolute atomic E-state index is 13.2. The van der Waals surface area contributed by atoms with E-state index in [1.54, 1.807) is 4.57 Å². The molecule has 0 fully saturated rings. The van der Waals surface area contributed by atoms with Gasteiger partial charge < -0.3 is 9.52 Å². The van der Waals surface area contributed by atoms with Crippen molar-refractivity contribution in [1.29, 1.82) is 0 Å². The van der Waals surface area contributed by atoms with Gasteiger partial charge in [0.2, 0.25) is 0 Å². The molecule has 0 radical (unpaired) electrons. The first-order chi connectivity index (χ1) is 12.1. The number of benzene rings is 2. The summed E-state index contributed by atoms with van der Waals surface area (Å²) in [6, 6.07) is 16.3. The smallest absolute Gasteiger partial charge is 0.339 e. The third kappa shape index (κ3) is 1.83. The van der Waals surface area contributed by atoms with Crippen LogP contribution in [0.5, 0.6) is 5.75 Å². The second kappa shape index (κ2) is 4.83. The first-order valence-electron chi connectivity index (χ1n) is 8.03.